The molecular formula is C39H39N7O9. The van der Waals surface area contributed by atoms with Crippen LogP contribution in [0, 0.1) is 0 Å². The molecule has 0 bridgehead atoms. The predicted octanol–water partition coefficient (Wildman–Crippen LogP) is 5.51. The second-order valence-electron chi connectivity index (χ2n) is 12.2. The van der Waals surface area contributed by atoms with E-state index in [4.69, 9.17) is 9.47 Å². The molecule has 2 aromatic carbocycles. The number of Topliss-reactive ketones (excluding diaryl/α,β-unsaturated/α-hetero) is 1. The van der Waals surface area contributed by atoms with E-state index >= 15 is 0 Å². The van der Waals surface area contributed by atoms with Crippen molar-refractivity contribution in [2.24, 2.45) is 4.99 Å². The quantitative estimate of drug-likeness (QED) is 0.0634. The van der Waals surface area contributed by atoms with Crippen molar-refractivity contribution in [1.29, 1.82) is 0 Å². The van der Waals surface area contributed by atoms with Gasteiger partial charge in [0.2, 0.25) is 23.6 Å². The number of carbonyl (C=O) groups is 7. The first-order valence-corrected chi connectivity index (χ1v) is 16.9. The molecule has 16 heteroatoms. The third-order valence-electron chi connectivity index (χ3n) is 7.24. The normalized spacial score (nSPS) is 10.6. The van der Waals surface area contributed by atoms with Crippen LogP contribution < -0.4 is 21.3 Å². The predicted molar refractivity (Wildman–Crippen MR) is 203 cm³/mol. The van der Waals surface area contributed by atoms with Gasteiger partial charge >= 0.3 is 11.9 Å². The van der Waals surface area contributed by atoms with Gasteiger partial charge in [0, 0.05) is 52.3 Å². The number of hydrogen-bond acceptors (Lipinski definition) is 12. The third kappa shape index (κ3) is 14.1. The van der Waals surface area contributed by atoms with Crippen molar-refractivity contribution < 1.29 is 43.0 Å². The summed E-state index contributed by atoms with van der Waals surface area (Å²) < 4.78 is 10.7. The lowest BCUT2D eigenvalue weighted by molar-refractivity contribution is -0.145. The molecule has 0 saturated heterocycles. The minimum atomic E-state index is -0.582. The number of hydrogen-bond donors (Lipinski definition) is 4. The van der Waals surface area contributed by atoms with Gasteiger partial charge in [-0.15, -0.1) is 0 Å². The molecule has 4 amide bonds. The Balaban J connectivity index is 1.23. The molecule has 4 aromatic rings. The van der Waals surface area contributed by atoms with Gasteiger partial charge in [-0.1, -0.05) is 12.1 Å². The summed E-state index contributed by atoms with van der Waals surface area (Å²) in [6.07, 6.45) is 2.02. The number of ketones is 1. The number of benzene rings is 2. The second kappa shape index (κ2) is 19.7. The average molecular weight is 750 g/mol. The van der Waals surface area contributed by atoms with Crippen molar-refractivity contribution >= 4 is 76.5 Å². The Morgan fingerprint density at radius 1 is 0.582 bits per heavy atom. The molecule has 284 valence electrons. The SMILES string of the molecule is CC(=O)Nc1cc(COC(=O)CCCC(=O)c2ccc(N=Cc3ccc(C(=O)OCc4cc(NC(C)=O)nc(NC(C)=O)c4)cc3)cc2)cc(NC(C)=O)n1. The van der Waals surface area contributed by atoms with Gasteiger partial charge < -0.3 is 30.7 Å². The van der Waals surface area contributed by atoms with E-state index in [9.17, 15) is 33.6 Å². The Morgan fingerprint density at radius 2 is 1.02 bits per heavy atom. The number of nitrogens with zero attached hydrogens (tertiary/aromatic N) is 3. The molecule has 2 aromatic heterocycles. The van der Waals surface area contributed by atoms with E-state index in [2.05, 4.69) is 36.2 Å². The molecule has 0 aliphatic heterocycles. The van der Waals surface area contributed by atoms with Crippen molar-refractivity contribution in [3.8, 4) is 0 Å². The van der Waals surface area contributed by atoms with Crippen LogP contribution in [0.4, 0.5) is 29.0 Å². The highest BCUT2D eigenvalue weighted by Gasteiger charge is 2.13. The molecule has 0 saturated carbocycles. The molecule has 0 aliphatic carbocycles. The van der Waals surface area contributed by atoms with E-state index in [1.165, 1.54) is 52.0 Å². The minimum Gasteiger partial charge on any atom is -0.461 e. The second-order valence-corrected chi connectivity index (χ2v) is 12.2. The summed E-state index contributed by atoms with van der Waals surface area (Å²) in [5, 5.41) is 10.1. The molecular weight excluding hydrogens is 710 g/mol. The Labute approximate surface area is 316 Å². The summed E-state index contributed by atoms with van der Waals surface area (Å²) in [5.41, 5.74) is 3.08. The van der Waals surface area contributed by atoms with Crippen LogP contribution >= 0.6 is 0 Å². The van der Waals surface area contributed by atoms with Gasteiger partial charge in [0.25, 0.3) is 0 Å². The van der Waals surface area contributed by atoms with Crippen LogP contribution in [0.2, 0.25) is 0 Å². The zero-order valence-electron chi connectivity index (χ0n) is 30.6. The summed E-state index contributed by atoms with van der Waals surface area (Å²) in [5.74, 6) is -1.85. The zero-order valence-corrected chi connectivity index (χ0v) is 30.6. The number of esters is 2. The molecule has 4 N–H and O–H groups in total. The smallest absolute Gasteiger partial charge is 0.338 e. The van der Waals surface area contributed by atoms with Gasteiger partial charge in [0.15, 0.2) is 5.78 Å². The van der Waals surface area contributed by atoms with Gasteiger partial charge in [-0.25, -0.2) is 14.8 Å². The van der Waals surface area contributed by atoms with Gasteiger partial charge in [-0.2, -0.15) is 0 Å². The fourth-order valence-corrected chi connectivity index (χ4v) is 4.91. The summed E-state index contributed by atoms with van der Waals surface area (Å²) in [6, 6.07) is 19.4. The summed E-state index contributed by atoms with van der Waals surface area (Å²) in [7, 11) is 0. The van der Waals surface area contributed by atoms with Crippen molar-refractivity contribution in [3.05, 3.63) is 101 Å². The molecule has 4 rings (SSSR count). The molecule has 55 heavy (non-hydrogen) atoms. The fourth-order valence-electron chi connectivity index (χ4n) is 4.91. The monoisotopic (exact) mass is 749 g/mol. The number of nitrogens with one attached hydrogen (secondary N) is 4. The number of pyridine rings is 2. The first kappa shape index (κ1) is 40.7. The van der Waals surface area contributed by atoms with Crippen LogP contribution in [-0.4, -0.2) is 57.5 Å². The molecule has 0 fully saturated rings. The van der Waals surface area contributed by atoms with Gasteiger partial charge in [0.1, 0.15) is 36.5 Å². The van der Waals surface area contributed by atoms with E-state index in [0.29, 0.717) is 33.5 Å². The average Bonchev–Trinajstić information content (AvgIpc) is 3.11. The minimum absolute atomic E-state index is 0.0130. The Kier molecular flexibility index (Phi) is 14.5. The lowest BCUT2D eigenvalue weighted by atomic mass is 10.1. The van der Waals surface area contributed by atoms with Crippen LogP contribution in [0.5, 0.6) is 0 Å². The molecule has 0 radical (unpaired) electrons. The van der Waals surface area contributed by atoms with E-state index in [1.54, 1.807) is 54.7 Å². The number of aliphatic imine (C=N–C) groups is 1. The Bertz CT molecular complexity index is 2050. The van der Waals surface area contributed by atoms with Crippen LogP contribution in [0.15, 0.2) is 77.8 Å². The van der Waals surface area contributed by atoms with Gasteiger partial charge in [0.05, 0.1) is 11.3 Å². The lowest BCUT2D eigenvalue weighted by Crippen LogP contribution is -2.13. The lowest BCUT2D eigenvalue weighted by Gasteiger charge is -2.10. The number of amides is 4. The topological polar surface area (TPSA) is 224 Å². The maximum absolute atomic E-state index is 12.7. The molecule has 16 nitrogen and oxygen atoms in total. The van der Waals surface area contributed by atoms with E-state index in [1.807, 2.05) is 0 Å². The first-order valence-electron chi connectivity index (χ1n) is 16.9. The number of carbonyl (C=O) groups excluding carboxylic acids is 7. The van der Waals surface area contributed by atoms with Gasteiger partial charge in [-0.3, -0.25) is 33.8 Å². The summed E-state index contributed by atoms with van der Waals surface area (Å²) in [6.45, 7) is 5.03. The Morgan fingerprint density at radius 3 is 1.47 bits per heavy atom. The van der Waals surface area contributed by atoms with Crippen molar-refractivity contribution in [3.63, 3.8) is 0 Å². The number of rotatable bonds is 16. The molecule has 0 aliphatic rings. The molecule has 0 unspecified atom stereocenters. The fraction of sp³-hybridized carbons (Fsp3) is 0.231. The largest absolute Gasteiger partial charge is 0.461 e. The van der Waals surface area contributed by atoms with Crippen LogP contribution in [-0.2, 0) is 46.7 Å². The third-order valence-corrected chi connectivity index (χ3v) is 7.24. The van der Waals surface area contributed by atoms with E-state index in [0.717, 1.165) is 0 Å². The van der Waals surface area contributed by atoms with E-state index < -0.39 is 11.9 Å². The zero-order chi connectivity index (χ0) is 39.9. The van der Waals surface area contributed by atoms with Crippen molar-refractivity contribution in [1.82, 2.24) is 9.97 Å². The van der Waals surface area contributed by atoms with Crippen LogP contribution in [0.1, 0.15) is 84.4 Å². The number of aromatic nitrogens is 2. The van der Waals surface area contributed by atoms with Gasteiger partial charge in [-0.05, 0) is 83.8 Å². The maximum atomic E-state index is 12.7. The Hall–Kier alpha value is -7.10. The first-order chi connectivity index (χ1) is 26.2. The van der Waals surface area contributed by atoms with Crippen LogP contribution in [0.25, 0.3) is 0 Å². The van der Waals surface area contributed by atoms with Crippen LogP contribution in [0.3, 0.4) is 0 Å². The molecule has 0 spiro atoms. The number of anilines is 4. The highest BCUT2D eigenvalue weighted by atomic mass is 16.5. The molecule has 2 heterocycles. The maximum Gasteiger partial charge on any atom is 0.338 e. The highest BCUT2D eigenvalue weighted by Crippen LogP contribution is 2.19. The highest BCUT2D eigenvalue weighted by molar-refractivity contribution is 5.97. The molecule has 0 atom stereocenters. The van der Waals surface area contributed by atoms with E-state index in [-0.39, 0.29) is 85.2 Å². The number of ether oxygens (including phenoxy) is 2. The summed E-state index contributed by atoms with van der Waals surface area (Å²) in [4.78, 5) is 96.3. The van der Waals surface area contributed by atoms with Crippen molar-refractivity contribution in [2.45, 2.75) is 60.2 Å². The standard InChI is InChI=1S/C39H39N7O9/c1-23(47)41-34-16-28(17-35(45-34)42-24(2)48)21-54-38(52)7-5-6-33(51)30-12-14-32(15-13-30)40-20-27-8-10-31(11-9-27)39(53)55-22-29-18-36(43-25(3)49)46-37(19-29)44-26(4)50/h8-20H,5-7,21-22H2,1-4H3,(H2,41,42,45,47,48)(H2,43,44,46,49,50). The van der Waals surface area contributed by atoms with Crippen molar-refractivity contribution in [2.75, 3.05) is 21.3 Å². The summed E-state index contributed by atoms with van der Waals surface area (Å²) >= 11 is 0.